The summed E-state index contributed by atoms with van der Waals surface area (Å²) < 4.78 is 0. The van der Waals surface area contributed by atoms with Crippen molar-refractivity contribution in [3.05, 3.63) is 229 Å². The lowest BCUT2D eigenvalue weighted by Crippen LogP contribution is -2.32. The molecule has 2 aromatic heterocycles. The summed E-state index contributed by atoms with van der Waals surface area (Å²) in [6.07, 6.45) is 1.87. The molecule has 0 unspecified atom stereocenters. The largest absolute Gasteiger partial charge is 0.256 e. The van der Waals surface area contributed by atoms with Crippen LogP contribution in [0, 0.1) is 0 Å². The number of rotatable bonds is 5. The van der Waals surface area contributed by atoms with Gasteiger partial charge < -0.3 is 0 Å². The molecule has 1 aliphatic heterocycles. The Labute approximate surface area is 352 Å². The first-order valence-corrected chi connectivity index (χ1v) is 21.0. The minimum atomic E-state index is -0.591. The van der Waals surface area contributed by atoms with Crippen molar-refractivity contribution in [2.75, 3.05) is 0 Å². The van der Waals surface area contributed by atoms with Crippen LogP contribution in [-0.2, 0) is 5.41 Å². The third kappa shape index (κ3) is 5.33. The second-order valence-electron chi connectivity index (χ2n) is 15.3. The third-order valence-electron chi connectivity index (χ3n) is 12.0. The van der Waals surface area contributed by atoms with Crippen LogP contribution in [0.3, 0.4) is 0 Å². The van der Waals surface area contributed by atoms with E-state index in [2.05, 4.69) is 170 Å². The maximum Gasteiger partial charge on any atom is 0.165 e. The maximum absolute atomic E-state index is 5.37. The van der Waals surface area contributed by atoms with E-state index >= 15 is 0 Å². The Morgan fingerprint density at radius 3 is 1.60 bits per heavy atom. The standard InChI is InChI=1S/C55H34N4S/c1-3-15-35(16-4-1)38-19-11-20-40(33-38)53-57-52(37-17-5-2-6-18-37)58-54(59-53)44-25-13-29-48-51(44)60-50-41(39-31-30-36-21-14-32-56-49(36)34-39)24-12-28-47(50)55(48)45-26-9-7-22-42(45)43-23-8-10-27-46(43)55/h1-34H. The lowest BCUT2D eigenvalue weighted by Gasteiger charge is -2.41. The Bertz CT molecular complexity index is 3260. The molecule has 0 fully saturated rings. The van der Waals surface area contributed by atoms with E-state index in [1.54, 1.807) is 0 Å². The molecule has 0 bridgehead atoms. The van der Waals surface area contributed by atoms with Gasteiger partial charge in [0.1, 0.15) is 0 Å². The van der Waals surface area contributed by atoms with Crippen LogP contribution in [0.1, 0.15) is 22.3 Å². The molecule has 8 aromatic carbocycles. The summed E-state index contributed by atoms with van der Waals surface area (Å²) in [5.41, 5.74) is 15.4. The zero-order valence-electron chi connectivity index (χ0n) is 32.3. The van der Waals surface area contributed by atoms with Crippen LogP contribution in [0.2, 0.25) is 0 Å². The Balaban J connectivity index is 1.14. The van der Waals surface area contributed by atoms with Crippen LogP contribution in [0.5, 0.6) is 0 Å². The molecule has 60 heavy (non-hydrogen) atoms. The molecule has 280 valence electrons. The normalized spacial score (nSPS) is 13.1. The van der Waals surface area contributed by atoms with Gasteiger partial charge in [-0.2, -0.15) is 0 Å². The molecule has 0 atom stereocenters. The molecule has 0 saturated heterocycles. The second kappa shape index (κ2) is 13.8. The number of fused-ring (bicyclic) bond motifs is 10. The number of benzene rings is 8. The van der Waals surface area contributed by atoms with Crippen molar-refractivity contribution in [2.45, 2.75) is 15.2 Å². The van der Waals surface area contributed by atoms with Crippen molar-refractivity contribution in [3.8, 4) is 67.5 Å². The maximum atomic E-state index is 5.37. The van der Waals surface area contributed by atoms with Gasteiger partial charge in [-0.1, -0.05) is 194 Å². The van der Waals surface area contributed by atoms with Crippen LogP contribution < -0.4 is 0 Å². The number of aromatic nitrogens is 4. The molecule has 0 N–H and O–H groups in total. The van der Waals surface area contributed by atoms with Crippen LogP contribution >= 0.6 is 11.8 Å². The average molecular weight is 783 g/mol. The molecule has 5 heteroatoms. The molecule has 4 nitrogen and oxygen atoms in total. The topological polar surface area (TPSA) is 51.6 Å². The Morgan fingerprint density at radius 1 is 0.333 bits per heavy atom. The fraction of sp³-hybridized carbons (Fsp3) is 0.0182. The summed E-state index contributed by atoms with van der Waals surface area (Å²) in [6, 6.07) is 71.4. The lowest BCUT2D eigenvalue weighted by atomic mass is 9.66. The van der Waals surface area contributed by atoms with E-state index in [1.165, 1.54) is 43.8 Å². The van der Waals surface area contributed by atoms with Gasteiger partial charge in [0.05, 0.1) is 10.9 Å². The van der Waals surface area contributed by atoms with Gasteiger partial charge in [0.15, 0.2) is 17.5 Å². The molecule has 1 aliphatic carbocycles. The van der Waals surface area contributed by atoms with Crippen molar-refractivity contribution in [3.63, 3.8) is 0 Å². The van der Waals surface area contributed by atoms with Gasteiger partial charge >= 0.3 is 0 Å². The first-order chi connectivity index (χ1) is 29.7. The molecule has 10 aromatic rings. The van der Waals surface area contributed by atoms with Crippen LogP contribution in [-0.4, -0.2) is 19.9 Å². The van der Waals surface area contributed by atoms with Crippen molar-refractivity contribution in [1.82, 2.24) is 19.9 Å². The van der Waals surface area contributed by atoms with E-state index in [9.17, 15) is 0 Å². The summed E-state index contributed by atoms with van der Waals surface area (Å²) in [7, 11) is 0. The predicted octanol–water partition coefficient (Wildman–Crippen LogP) is 13.6. The van der Waals surface area contributed by atoms with Gasteiger partial charge in [0.25, 0.3) is 0 Å². The lowest BCUT2D eigenvalue weighted by molar-refractivity contribution is 0.723. The molecule has 2 aliphatic rings. The second-order valence-corrected chi connectivity index (χ2v) is 16.4. The van der Waals surface area contributed by atoms with E-state index in [0.29, 0.717) is 17.5 Å². The Morgan fingerprint density at radius 2 is 0.867 bits per heavy atom. The first kappa shape index (κ1) is 34.6. The number of hydrogen-bond acceptors (Lipinski definition) is 5. The zero-order valence-corrected chi connectivity index (χ0v) is 33.1. The molecule has 0 radical (unpaired) electrons. The summed E-state index contributed by atoms with van der Waals surface area (Å²) in [4.78, 5) is 23.0. The van der Waals surface area contributed by atoms with E-state index in [4.69, 9.17) is 19.9 Å². The fourth-order valence-electron chi connectivity index (χ4n) is 9.39. The van der Waals surface area contributed by atoms with Crippen LogP contribution in [0.25, 0.3) is 78.4 Å². The summed E-state index contributed by atoms with van der Waals surface area (Å²) in [5, 5.41) is 1.12. The molecule has 3 heterocycles. The highest BCUT2D eigenvalue weighted by Gasteiger charge is 2.51. The molecular weight excluding hydrogens is 749 g/mol. The minimum Gasteiger partial charge on any atom is -0.256 e. The predicted molar refractivity (Wildman–Crippen MR) is 244 cm³/mol. The van der Waals surface area contributed by atoms with Gasteiger partial charge in [-0.15, -0.1) is 0 Å². The van der Waals surface area contributed by atoms with Gasteiger partial charge in [-0.05, 0) is 73.8 Å². The molecule has 1 spiro atoms. The van der Waals surface area contributed by atoms with Gasteiger partial charge in [-0.3, -0.25) is 4.98 Å². The van der Waals surface area contributed by atoms with E-state index in [1.807, 2.05) is 48.3 Å². The van der Waals surface area contributed by atoms with Gasteiger partial charge in [0.2, 0.25) is 0 Å². The summed E-state index contributed by atoms with van der Waals surface area (Å²) >= 11 is 1.82. The highest BCUT2D eigenvalue weighted by Crippen LogP contribution is 2.64. The van der Waals surface area contributed by atoms with Crippen LogP contribution in [0.15, 0.2) is 216 Å². The quantitative estimate of drug-likeness (QED) is 0.174. The van der Waals surface area contributed by atoms with Crippen LogP contribution in [0.4, 0.5) is 0 Å². The van der Waals surface area contributed by atoms with Gasteiger partial charge in [0, 0.05) is 38.1 Å². The molecule has 0 saturated carbocycles. The fourth-order valence-corrected chi connectivity index (χ4v) is 10.8. The smallest absolute Gasteiger partial charge is 0.165 e. The summed E-state index contributed by atoms with van der Waals surface area (Å²) in [6.45, 7) is 0. The van der Waals surface area contributed by atoms with Crippen molar-refractivity contribution in [2.24, 2.45) is 0 Å². The Kier molecular flexibility index (Phi) is 7.97. The number of pyridine rings is 1. The van der Waals surface area contributed by atoms with E-state index in [0.717, 1.165) is 49.2 Å². The Hall–Kier alpha value is -7.47. The number of hydrogen-bond donors (Lipinski definition) is 0. The van der Waals surface area contributed by atoms with E-state index < -0.39 is 5.41 Å². The monoisotopic (exact) mass is 782 g/mol. The first-order valence-electron chi connectivity index (χ1n) is 20.2. The average Bonchev–Trinajstić information content (AvgIpc) is 3.62. The minimum absolute atomic E-state index is 0.591. The molecule has 0 amide bonds. The zero-order chi connectivity index (χ0) is 39.6. The number of nitrogens with zero attached hydrogens (tertiary/aromatic N) is 4. The summed E-state index contributed by atoms with van der Waals surface area (Å²) in [5.74, 6) is 1.90. The van der Waals surface area contributed by atoms with Crippen molar-refractivity contribution < 1.29 is 0 Å². The van der Waals surface area contributed by atoms with E-state index in [-0.39, 0.29) is 0 Å². The molecular formula is C55H34N4S. The van der Waals surface area contributed by atoms with Crippen molar-refractivity contribution >= 4 is 22.7 Å². The third-order valence-corrected chi connectivity index (χ3v) is 13.3. The van der Waals surface area contributed by atoms with Crippen molar-refractivity contribution in [1.29, 1.82) is 0 Å². The molecule has 12 rings (SSSR count). The SMILES string of the molecule is c1ccc(-c2cccc(-c3nc(-c4ccccc4)nc(-c4cccc5c4Sc4c(-c6ccc7cccnc7c6)cccc4C54c5ccccc5-c5ccccc54)n3)c2)cc1. The highest BCUT2D eigenvalue weighted by atomic mass is 32.2. The highest BCUT2D eigenvalue weighted by molar-refractivity contribution is 7.99. The van der Waals surface area contributed by atoms with Gasteiger partial charge in [-0.25, -0.2) is 15.0 Å².